The number of sulfonamides is 1. The van der Waals surface area contributed by atoms with Gasteiger partial charge in [-0.2, -0.15) is 5.10 Å². The molecule has 25 heavy (non-hydrogen) atoms. The molecule has 0 radical (unpaired) electrons. The second-order valence-electron chi connectivity index (χ2n) is 5.81. The molecule has 1 aromatic heterocycles. The third-order valence-electron chi connectivity index (χ3n) is 4.08. The number of fused-ring (bicyclic) bond motifs is 1. The maximum absolute atomic E-state index is 12.5. The number of nitrogens with one attached hydrogen (secondary N) is 1. The van der Waals surface area contributed by atoms with Gasteiger partial charge in [0.25, 0.3) is 5.56 Å². The molecule has 0 unspecified atom stereocenters. The molecule has 0 fully saturated rings. The molecule has 0 amide bonds. The van der Waals surface area contributed by atoms with Gasteiger partial charge in [-0.1, -0.05) is 12.1 Å². The van der Waals surface area contributed by atoms with Crippen LogP contribution in [0.1, 0.15) is 24.6 Å². The summed E-state index contributed by atoms with van der Waals surface area (Å²) in [5.74, 6) is 0.310. The van der Waals surface area contributed by atoms with Crippen LogP contribution in [0.5, 0.6) is 5.75 Å². The smallest absolute Gasteiger partial charge is 0.267 e. The van der Waals surface area contributed by atoms with Gasteiger partial charge in [-0.25, -0.2) is 17.8 Å². The lowest BCUT2D eigenvalue weighted by atomic mass is 10.2. The summed E-state index contributed by atoms with van der Waals surface area (Å²) >= 11 is 0. The van der Waals surface area contributed by atoms with Crippen molar-refractivity contribution < 1.29 is 13.2 Å². The molecule has 1 aliphatic carbocycles. The Morgan fingerprint density at radius 1 is 1.28 bits per heavy atom. The van der Waals surface area contributed by atoms with E-state index < -0.39 is 10.0 Å². The van der Waals surface area contributed by atoms with Crippen molar-refractivity contribution in [1.82, 2.24) is 14.5 Å². The lowest BCUT2D eigenvalue weighted by Gasteiger charge is -2.12. The molecule has 1 aliphatic rings. The lowest BCUT2D eigenvalue weighted by molar-refractivity contribution is 0.331. The van der Waals surface area contributed by atoms with Gasteiger partial charge >= 0.3 is 0 Å². The average Bonchev–Trinajstić information content (AvgIpc) is 3.02. The normalized spacial score (nSPS) is 13.6. The van der Waals surface area contributed by atoms with Crippen molar-refractivity contribution in [3.63, 3.8) is 0 Å². The summed E-state index contributed by atoms with van der Waals surface area (Å²) in [5, 5.41) is 4.34. The van der Waals surface area contributed by atoms with Crippen LogP contribution in [0, 0.1) is 0 Å². The van der Waals surface area contributed by atoms with Crippen molar-refractivity contribution >= 4 is 10.0 Å². The van der Waals surface area contributed by atoms with E-state index in [0.29, 0.717) is 12.4 Å². The van der Waals surface area contributed by atoms with Gasteiger partial charge in [0, 0.05) is 12.6 Å². The highest BCUT2D eigenvalue weighted by molar-refractivity contribution is 7.89. The van der Waals surface area contributed by atoms with Crippen LogP contribution in [0.2, 0.25) is 0 Å². The molecule has 0 atom stereocenters. The number of benzene rings is 1. The standard InChI is InChI=1S/C17H21N3O4S/c1-2-24-15-8-3-4-9-16(15)25(22,23)18-10-11-20-17(21)12-13-6-5-7-14(13)19-20/h3-4,8-9,12,18H,2,5-7,10-11H2,1H3. The Morgan fingerprint density at radius 2 is 2.08 bits per heavy atom. The summed E-state index contributed by atoms with van der Waals surface area (Å²) < 4.78 is 34.2. The summed E-state index contributed by atoms with van der Waals surface area (Å²) in [5.41, 5.74) is 1.74. The third kappa shape index (κ3) is 3.91. The minimum Gasteiger partial charge on any atom is -0.492 e. The molecule has 1 heterocycles. The van der Waals surface area contributed by atoms with Crippen LogP contribution in [0.25, 0.3) is 0 Å². The molecule has 2 aromatic rings. The molecule has 0 spiro atoms. The highest BCUT2D eigenvalue weighted by Gasteiger charge is 2.19. The Morgan fingerprint density at radius 3 is 2.88 bits per heavy atom. The van der Waals surface area contributed by atoms with Crippen molar-refractivity contribution in [3.8, 4) is 5.75 Å². The van der Waals surface area contributed by atoms with Crippen LogP contribution in [-0.2, 0) is 29.4 Å². The van der Waals surface area contributed by atoms with Crippen molar-refractivity contribution in [2.75, 3.05) is 13.2 Å². The summed E-state index contributed by atoms with van der Waals surface area (Å²) in [4.78, 5) is 12.1. The van der Waals surface area contributed by atoms with E-state index in [4.69, 9.17) is 4.74 Å². The van der Waals surface area contributed by atoms with Crippen molar-refractivity contribution in [2.45, 2.75) is 37.6 Å². The summed E-state index contributed by atoms with van der Waals surface area (Å²) in [6.45, 7) is 2.43. The van der Waals surface area contributed by atoms with Gasteiger partial charge in [0.15, 0.2) is 0 Å². The highest BCUT2D eigenvalue weighted by atomic mass is 32.2. The fourth-order valence-corrected chi connectivity index (χ4v) is 4.08. The fourth-order valence-electron chi connectivity index (χ4n) is 2.91. The Labute approximate surface area is 146 Å². The minimum atomic E-state index is -3.73. The Balaban J connectivity index is 1.71. The number of ether oxygens (including phenoxy) is 1. The number of nitrogens with zero attached hydrogens (tertiary/aromatic N) is 2. The van der Waals surface area contributed by atoms with Crippen LogP contribution in [0.4, 0.5) is 0 Å². The van der Waals surface area contributed by atoms with Crippen LogP contribution in [0.15, 0.2) is 40.0 Å². The quantitative estimate of drug-likeness (QED) is 0.796. The molecule has 1 N–H and O–H groups in total. The first-order valence-electron chi connectivity index (χ1n) is 8.32. The first-order chi connectivity index (χ1) is 12.0. The van der Waals surface area contributed by atoms with Crippen molar-refractivity contribution in [2.24, 2.45) is 0 Å². The Kier molecular flexibility index (Phi) is 5.19. The van der Waals surface area contributed by atoms with Crippen LogP contribution in [-0.4, -0.2) is 31.3 Å². The SMILES string of the molecule is CCOc1ccccc1S(=O)(=O)NCCn1nc2c(cc1=O)CCC2. The molecule has 0 bridgehead atoms. The monoisotopic (exact) mass is 363 g/mol. The number of hydrogen-bond donors (Lipinski definition) is 1. The van der Waals surface area contributed by atoms with Crippen LogP contribution >= 0.6 is 0 Å². The molecule has 7 nitrogen and oxygen atoms in total. The number of rotatable bonds is 7. The largest absolute Gasteiger partial charge is 0.492 e. The van der Waals surface area contributed by atoms with E-state index >= 15 is 0 Å². The van der Waals surface area contributed by atoms with E-state index in [-0.39, 0.29) is 23.5 Å². The first-order valence-corrected chi connectivity index (χ1v) is 9.81. The van der Waals surface area contributed by atoms with Crippen molar-refractivity contribution in [3.05, 3.63) is 51.9 Å². The van der Waals surface area contributed by atoms with Gasteiger partial charge in [0.05, 0.1) is 18.8 Å². The van der Waals surface area contributed by atoms with Gasteiger partial charge in [0.1, 0.15) is 10.6 Å². The maximum atomic E-state index is 12.5. The summed E-state index contributed by atoms with van der Waals surface area (Å²) in [7, 11) is -3.73. The van der Waals surface area contributed by atoms with Crippen LogP contribution < -0.4 is 15.0 Å². The van der Waals surface area contributed by atoms with Gasteiger partial charge < -0.3 is 4.74 Å². The zero-order valence-electron chi connectivity index (χ0n) is 14.1. The van der Waals surface area contributed by atoms with E-state index in [1.165, 1.54) is 10.7 Å². The predicted octanol–water partition coefficient (Wildman–Crippen LogP) is 1.11. The van der Waals surface area contributed by atoms with Crippen LogP contribution in [0.3, 0.4) is 0 Å². The number of aromatic nitrogens is 2. The van der Waals surface area contributed by atoms with Gasteiger partial charge in [-0.05, 0) is 43.9 Å². The molecule has 0 saturated carbocycles. The minimum absolute atomic E-state index is 0.0779. The molecular weight excluding hydrogens is 342 g/mol. The fraction of sp³-hybridized carbons (Fsp3) is 0.412. The molecule has 1 aromatic carbocycles. The second kappa shape index (κ2) is 7.37. The number of hydrogen-bond acceptors (Lipinski definition) is 5. The first kappa shape index (κ1) is 17.6. The third-order valence-corrected chi connectivity index (χ3v) is 5.58. The average molecular weight is 363 g/mol. The lowest BCUT2D eigenvalue weighted by Crippen LogP contribution is -2.32. The maximum Gasteiger partial charge on any atom is 0.267 e. The second-order valence-corrected chi connectivity index (χ2v) is 7.54. The molecular formula is C17H21N3O4S. The van der Waals surface area contributed by atoms with Gasteiger partial charge in [-0.3, -0.25) is 4.79 Å². The van der Waals surface area contributed by atoms with Crippen molar-refractivity contribution in [1.29, 1.82) is 0 Å². The molecule has 0 saturated heterocycles. The van der Waals surface area contributed by atoms with E-state index in [1.807, 2.05) is 0 Å². The van der Waals surface area contributed by atoms with E-state index in [1.54, 1.807) is 31.2 Å². The molecule has 3 rings (SSSR count). The number of aryl methyl sites for hydroxylation is 2. The zero-order chi connectivity index (χ0) is 17.9. The zero-order valence-corrected chi connectivity index (χ0v) is 14.9. The summed E-state index contributed by atoms with van der Waals surface area (Å²) in [6.07, 6.45) is 2.76. The van der Waals surface area contributed by atoms with E-state index in [2.05, 4.69) is 9.82 Å². The highest BCUT2D eigenvalue weighted by Crippen LogP contribution is 2.23. The van der Waals surface area contributed by atoms with Gasteiger partial charge in [-0.15, -0.1) is 0 Å². The van der Waals surface area contributed by atoms with Gasteiger partial charge in [0.2, 0.25) is 10.0 Å². The molecule has 0 aliphatic heterocycles. The predicted molar refractivity (Wildman–Crippen MR) is 93.3 cm³/mol. The van der Waals surface area contributed by atoms with E-state index in [9.17, 15) is 13.2 Å². The van der Waals surface area contributed by atoms with E-state index in [0.717, 1.165) is 30.5 Å². The Hall–Kier alpha value is -2.19. The Bertz CT molecular complexity index is 922. The topological polar surface area (TPSA) is 90.3 Å². The summed E-state index contributed by atoms with van der Waals surface area (Å²) in [6, 6.07) is 8.08. The number of para-hydroxylation sites is 1. The molecule has 8 heteroatoms. The molecule has 134 valence electrons.